The van der Waals surface area contributed by atoms with Crippen LogP contribution in [0.3, 0.4) is 0 Å². The maximum absolute atomic E-state index is 4.37. The van der Waals surface area contributed by atoms with Crippen molar-refractivity contribution in [2.24, 2.45) is 18.9 Å². The fourth-order valence-corrected chi connectivity index (χ4v) is 1.95. The third kappa shape index (κ3) is 3.97. The van der Waals surface area contributed by atoms with Crippen LogP contribution in [0.25, 0.3) is 0 Å². The van der Waals surface area contributed by atoms with Crippen LogP contribution < -0.4 is 5.32 Å². The molecule has 0 fully saturated rings. The highest BCUT2D eigenvalue weighted by atomic mass is 15.0. The molecule has 1 atom stereocenters. The first-order valence-corrected chi connectivity index (χ1v) is 6.32. The molecule has 0 aromatic carbocycles. The van der Waals surface area contributed by atoms with Gasteiger partial charge in [0.25, 0.3) is 0 Å². The maximum atomic E-state index is 4.37. The van der Waals surface area contributed by atoms with Gasteiger partial charge in [0.2, 0.25) is 0 Å². The van der Waals surface area contributed by atoms with E-state index in [0.717, 1.165) is 31.3 Å². The Kier molecular flexibility index (Phi) is 5.53. The highest BCUT2D eigenvalue weighted by molar-refractivity contribution is 4.91. The van der Waals surface area contributed by atoms with Crippen LogP contribution in [-0.2, 0) is 13.5 Å². The molecule has 0 bridgehead atoms. The zero-order valence-corrected chi connectivity index (χ0v) is 11.0. The van der Waals surface area contributed by atoms with Crippen molar-refractivity contribution < 1.29 is 0 Å². The number of aromatic nitrogens is 2. The summed E-state index contributed by atoms with van der Waals surface area (Å²) in [5.74, 6) is 2.68. The lowest BCUT2D eigenvalue weighted by atomic mass is 9.91. The second-order valence-corrected chi connectivity index (χ2v) is 4.80. The largest absolute Gasteiger partial charge is 0.338 e. The summed E-state index contributed by atoms with van der Waals surface area (Å²) in [7, 11) is 2.07. The SMILES string of the molecule is CCNCC(CCc1nccn1C)C(C)C. The van der Waals surface area contributed by atoms with Crippen molar-refractivity contribution in [1.29, 1.82) is 0 Å². The molecule has 0 aliphatic rings. The van der Waals surface area contributed by atoms with Crippen molar-refractivity contribution in [3.05, 3.63) is 18.2 Å². The average molecular weight is 223 g/mol. The Hall–Kier alpha value is -0.830. The van der Waals surface area contributed by atoms with E-state index in [2.05, 4.69) is 42.7 Å². The molecule has 1 aromatic rings. The second kappa shape index (κ2) is 6.69. The number of rotatable bonds is 7. The maximum Gasteiger partial charge on any atom is 0.108 e. The Morgan fingerprint density at radius 3 is 2.69 bits per heavy atom. The third-order valence-electron chi connectivity index (χ3n) is 3.26. The molecule has 0 radical (unpaired) electrons. The molecule has 1 N–H and O–H groups in total. The average Bonchev–Trinajstić information content (AvgIpc) is 2.64. The van der Waals surface area contributed by atoms with Crippen molar-refractivity contribution >= 4 is 0 Å². The summed E-state index contributed by atoms with van der Waals surface area (Å²) in [6.07, 6.45) is 6.20. The highest BCUT2D eigenvalue weighted by Crippen LogP contribution is 2.16. The van der Waals surface area contributed by atoms with Crippen LogP contribution in [0.1, 0.15) is 33.0 Å². The van der Waals surface area contributed by atoms with Gasteiger partial charge in [-0.1, -0.05) is 20.8 Å². The number of hydrogen-bond acceptors (Lipinski definition) is 2. The van der Waals surface area contributed by atoms with Crippen LogP contribution in [0.5, 0.6) is 0 Å². The second-order valence-electron chi connectivity index (χ2n) is 4.80. The highest BCUT2D eigenvalue weighted by Gasteiger charge is 2.13. The zero-order valence-electron chi connectivity index (χ0n) is 11.0. The lowest BCUT2D eigenvalue weighted by Gasteiger charge is -2.20. The van der Waals surface area contributed by atoms with Crippen LogP contribution in [0.4, 0.5) is 0 Å². The van der Waals surface area contributed by atoms with E-state index in [1.807, 2.05) is 12.4 Å². The van der Waals surface area contributed by atoms with E-state index in [4.69, 9.17) is 0 Å². The minimum absolute atomic E-state index is 0.735. The quantitative estimate of drug-likeness (QED) is 0.768. The Morgan fingerprint density at radius 2 is 2.19 bits per heavy atom. The fraction of sp³-hybridized carbons (Fsp3) is 0.769. The van der Waals surface area contributed by atoms with Crippen molar-refractivity contribution in [1.82, 2.24) is 14.9 Å². The lowest BCUT2D eigenvalue weighted by molar-refractivity contribution is 0.340. The van der Waals surface area contributed by atoms with Gasteiger partial charge in [0.15, 0.2) is 0 Å². The summed E-state index contributed by atoms with van der Waals surface area (Å²) < 4.78 is 2.12. The molecule has 3 heteroatoms. The summed E-state index contributed by atoms with van der Waals surface area (Å²) >= 11 is 0. The molecule has 16 heavy (non-hydrogen) atoms. The van der Waals surface area contributed by atoms with Crippen molar-refractivity contribution in [2.75, 3.05) is 13.1 Å². The first kappa shape index (κ1) is 13.2. The molecule has 1 rings (SSSR count). The predicted octanol–water partition coefficient (Wildman–Crippen LogP) is 2.23. The fourth-order valence-electron chi connectivity index (χ4n) is 1.95. The van der Waals surface area contributed by atoms with Gasteiger partial charge in [0.1, 0.15) is 5.82 Å². The van der Waals surface area contributed by atoms with Gasteiger partial charge in [-0.2, -0.15) is 0 Å². The van der Waals surface area contributed by atoms with Gasteiger partial charge < -0.3 is 9.88 Å². The minimum atomic E-state index is 0.735. The number of hydrogen-bond donors (Lipinski definition) is 1. The summed E-state index contributed by atoms with van der Waals surface area (Å²) in [6.45, 7) is 8.96. The molecule has 1 heterocycles. The molecule has 0 spiro atoms. The molecule has 0 saturated heterocycles. The van der Waals surface area contributed by atoms with Crippen LogP contribution in [0.2, 0.25) is 0 Å². The predicted molar refractivity (Wildman–Crippen MR) is 68.4 cm³/mol. The van der Waals surface area contributed by atoms with E-state index >= 15 is 0 Å². The number of nitrogens with zero attached hydrogens (tertiary/aromatic N) is 2. The Balaban J connectivity index is 2.40. The standard InChI is InChI=1S/C13H25N3/c1-5-14-10-12(11(2)3)6-7-13-15-8-9-16(13)4/h8-9,11-12,14H,5-7,10H2,1-4H3. The van der Waals surface area contributed by atoms with E-state index in [-0.39, 0.29) is 0 Å². The topological polar surface area (TPSA) is 29.9 Å². The van der Waals surface area contributed by atoms with Gasteiger partial charge in [0, 0.05) is 25.9 Å². The van der Waals surface area contributed by atoms with Gasteiger partial charge in [-0.15, -0.1) is 0 Å². The number of imidazole rings is 1. The first-order chi connectivity index (χ1) is 7.65. The summed E-state index contributed by atoms with van der Waals surface area (Å²) in [4.78, 5) is 4.37. The van der Waals surface area contributed by atoms with Gasteiger partial charge in [-0.25, -0.2) is 4.98 Å². The van der Waals surface area contributed by atoms with E-state index < -0.39 is 0 Å². The van der Waals surface area contributed by atoms with Crippen LogP contribution in [-0.4, -0.2) is 22.6 Å². The smallest absolute Gasteiger partial charge is 0.108 e. The molecule has 3 nitrogen and oxygen atoms in total. The van der Waals surface area contributed by atoms with Crippen LogP contribution in [0.15, 0.2) is 12.4 Å². The summed E-state index contributed by atoms with van der Waals surface area (Å²) in [6, 6.07) is 0. The van der Waals surface area contributed by atoms with E-state index in [1.165, 1.54) is 12.2 Å². The van der Waals surface area contributed by atoms with Crippen molar-refractivity contribution in [2.45, 2.75) is 33.6 Å². The van der Waals surface area contributed by atoms with Gasteiger partial charge in [0.05, 0.1) is 0 Å². The third-order valence-corrected chi connectivity index (χ3v) is 3.26. The number of aryl methyl sites for hydroxylation is 2. The Labute approximate surface area is 99.3 Å². The monoisotopic (exact) mass is 223 g/mol. The number of nitrogens with one attached hydrogen (secondary N) is 1. The molecule has 92 valence electrons. The van der Waals surface area contributed by atoms with Gasteiger partial charge >= 0.3 is 0 Å². The molecule has 0 saturated carbocycles. The normalized spacial score (nSPS) is 13.3. The molecule has 1 aromatic heterocycles. The van der Waals surface area contributed by atoms with Crippen LogP contribution >= 0.6 is 0 Å². The molecular weight excluding hydrogens is 198 g/mol. The Bertz CT molecular complexity index is 291. The van der Waals surface area contributed by atoms with E-state index in [9.17, 15) is 0 Å². The van der Waals surface area contributed by atoms with Crippen molar-refractivity contribution in [3.63, 3.8) is 0 Å². The van der Waals surface area contributed by atoms with Gasteiger partial charge in [-0.05, 0) is 31.3 Å². The first-order valence-electron chi connectivity index (χ1n) is 6.32. The summed E-state index contributed by atoms with van der Waals surface area (Å²) in [5, 5.41) is 3.45. The Morgan fingerprint density at radius 1 is 1.44 bits per heavy atom. The zero-order chi connectivity index (χ0) is 12.0. The summed E-state index contributed by atoms with van der Waals surface area (Å²) in [5.41, 5.74) is 0. The molecule has 0 aliphatic heterocycles. The molecule has 0 aliphatic carbocycles. The molecule has 0 amide bonds. The molecule has 1 unspecified atom stereocenters. The van der Waals surface area contributed by atoms with E-state index in [0.29, 0.717) is 0 Å². The van der Waals surface area contributed by atoms with Crippen molar-refractivity contribution in [3.8, 4) is 0 Å². The van der Waals surface area contributed by atoms with Crippen LogP contribution in [0, 0.1) is 11.8 Å². The van der Waals surface area contributed by atoms with E-state index in [1.54, 1.807) is 0 Å². The lowest BCUT2D eigenvalue weighted by Crippen LogP contribution is -2.26. The molecular formula is C13H25N3. The minimum Gasteiger partial charge on any atom is -0.338 e. The van der Waals surface area contributed by atoms with Gasteiger partial charge in [-0.3, -0.25) is 0 Å².